The number of aromatic carboxylic acids is 1. The average molecular weight is 510 g/mol. The summed E-state index contributed by atoms with van der Waals surface area (Å²) in [5.41, 5.74) is 2.38. The number of carbonyl (C=O) groups is 1. The number of carboxylic acids is 1. The fourth-order valence-corrected chi connectivity index (χ4v) is 5.19. The lowest BCUT2D eigenvalue weighted by Gasteiger charge is -2.07. The largest absolute Gasteiger partial charge is 0.478 e. The first kappa shape index (κ1) is 23.1. The van der Waals surface area contributed by atoms with Crippen LogP contribution in [0, 0.1) is 0 Å². The zero-order chi connectivity index (χ0) is 24.7. The molecule has 0 unspecified atom stereocenters. The monoisotopic (exact) mass is 509 g/mol. The zero-order valence-corrected chi connectivity index (χ0v) is 20.2. The van der Waals surface area contributed by atoms with E-state index in [1.54, 1.807) is 30.3 Å². The minimum Gasteiger partial charge on any atom is -0.478 e. The number of rotatable bonds is 6. The van der Waals surface area contributed by atoms with Crippen LogP contribution < -0.4 is 11.2 Å². The van der Waals surface area contributed by atoms with Gasteiger partial charge >= 0.3 is 11.7 Å². The van der Waals surface area contributed by atoms with Gasteiger partial charge in [-0.2, -0.15) is 0 Å². The Hall–Kier alpha value is -3.63. The molecule has 4 aromatic rings. The number of thioether (sulfide) groups is 1. The molecule has 0 spiro atoms. The second kappa shape index (κ2) is 9.20. The number of fused-ring (bicyclic) bond motifs is 2. The maximum absolute atomic E-state index is 12.7. The van der Waals surface area contributed by atoms with E-state index >= 15 is 0 Å². The Morgan fingerprint density at radius 2 is 1.94 bits per heavy atom. The highest BCUT2D eigenvalue weighted by Crippen LogP contribution is 2.32. The lowest BCUT2D eigenvalue weighted by Crippen LogP contribution is -2.31. The molecule has 0 saturated heterocycles. The number of halogens is 1. The molecule has 3 heterocycles. The van der Waals surface area contributed by atoms with Crippen LogP contribution in [-0.4, -0.2) is 35.2 Å². The third-order valence-electron chi connectivity index (χ3n) is 5.82. The van der Waals surface area contributed by atoms with Crippen molar-refractivity contribution < 1.29 is 9.90 Å². The molecule has 0 saturated carbocycles. The van der Waals surface area contributed by atoms with Crippen molar-refractivity contribution >= 4 is 51.2 Å². The van der Waals surface area contributed by atoms with Gasteiger partial charge in [-0.15, -0.1) is 11.8 Å². The molecular formula is C24H20ClN5O4S. The molecule has 11 heteroatoms. The highest BCUT2D eigenvalue weighted by molar-refractivity contribution is 8.13. The summed E-state index contributed by atoms with van der Waals surface area (Å²) in [5.74, 6) is 0.120. The number of benzene rings is 2. The van der Waals surface area contributed by atoms with Gasteiger partial charge < -0.3 is 9.67 Å². The number of aromatic amines is 1. The molecule has 1 aliphatic rings. The van der Waals surface area contributed by atoms with E-state index in [0.29, 0.717) is 40.7 Å². The molecule has 9 nitrogen and oxygen atoms in total. The summed E-state index contributed by atoms with van der Waals surface area (Å²) in [6, 6.07) is 12.0. The number of hydrogen-bond acceptors (Lipinski definition) is 6. The van der Waals surface area contributed by atoms with Crippen molar-refractivity contribution in [2.45, 2.75) is 32.2 Å². The van der Waals surface area contributed by atoms with Gasteiger partial charge in [0.25, 0.3) is 5.56 Å². The van der Waals surface area contributed by atoms with Crippen molar-refractivity contribution in [3.05, 3.63) is 90.8 Å². The summed E-state index contributed by atoms with van der Waals surface area (Å²) in [6.45, 7) is 2.66. The molecule has 2 aromatic carbocycles. The van der Waals surface area contributed by atoms with Gasteiger partial charge in [-0.3, -0.25) is 14.3 Å². The van der Waals surface area contributed by atoms with Gasteiger partial charge in [0, 0.05) is 18.0 Å². The summed E-state index contributed by atoms with van der Waals surface area (Å²) in [5, 5.41) is 10.7. The number of carboxylic acid groups (broad SMARTS) is 1. The number of imidazole rings is 1. The van der Waals surface area contributed by atoms with Gasteiger partial charge in [-0.05, 0) is 48.4 Å². The van der Waals surface area contributed by atoms with E-state index in [2.05, 4.69) is 9.98 Å². The number of nitrogens with zero attached hydrogens (tertiary/aromatic N) is 4. The molecule has 0 amide bonds. The molecule has 0 aliphatic carbocycles. The number of hydrogen-bond donors (Lipinski definition) is 2. The number of nitrogens with one attached hydrogen (secondary N) is 1. The molecule has 2 aromatic heterocycles. The summed E-state index contributed by atoms with van der Waals surface area (Å²) < 4.78 is 3.26. The molecule has 35 heavy (non-hydrogen) atoms. The predicted molar refractivity (Wildman–Crippen MR) is 136 cm³/mol. The quantitative estimate of drug-likeness (QED) is 0.407. The van der Waals surface area contributed by atoms with Gasteiger partial charge in [0.05, 0.1) is 28.6 Å². The number of aryl methyl sites for hydroxylation is 1. The second-order valence-electron chi connectivity index (χ2n) is 8.04. The van der Waals surface area contributed by atoms with Gasteiger partial charge in [-0.25, -0.2) is 19.6 Å². The smallest absolute Gasteiger partial charge is 0.335 e. The van der Waals surface area contributed by atoms with E-state index in [1.807, 2.05) is 23.6 Å². The Morgan fingerprint density at radius 3 is 2.66 bits per heavy atom. The zero-order valence-electron chi connectivity index (χ0n) is 18.6. The van der Waals surface area contributed by atoms with Crippen LogP contribution >= 0.6 is 23.4 Å². The molecule has 0 radical (unpaired) electrons. The maximum Gasteiger partial charge on any atom is 0.335 e. The van der Waals surface area contributed by atoms with Crippen LogP contribution in [0.2, 0.25) is 5.02 Å². The molecule has 2 N–H and O–H groups in total. The fourth-order valence-electron chi connectivity index (χ4n) is 4.12. The summed E-state index contributed by atoms with van der Waals surface area (Å²) >= 11 is 7.45. The highest BCUT2D eigenvalue weighted by atomic mass is 35.5. The first-order valence-electron chi connectivity index (χ1n) is 10.9. The van der Waals surface area contributed by atoms with Gasteiger partial charge in [0.2, 0.25) is 0 Å². The molecule has 0 fully saturated rings. The van der Waals surface area contributed by atoms with E-state index in [1.165, 1.54) is 16.3 Å². The lowest BCUT2D eigenvalue weighted by molar-refractivity contribution is 0.0697. The minimum atomic E-state index is -0.972. The summed E-state index contributed by atoms with van der Waals surface area (Å²) in [7, 11) is 0. The van der Waals surface area contributed by atoms with Gasteiger partial charge in [-0.1, -0.05) is 23.7 Å². The van der Waals surface area contributed by atoms with Crippen molar-refractivity contribution in [2.75, 3.05) is 0 Å². The van der Waals surface area contributed by atoms with Crippen LogP contribution in [0.3, 0.4) is 0 Å². The predicted octanol–water partition coefficient (Wildman–Crippen LogP) is 3.83. The van der Waals surface area contributed by atoms with Gasteiger partial charge in [0.1, 0.15) is 5.82 Å². The number of aromatic nitrogens is 4. The van der Waals surface area contributed by atoms with Crippen molar-refractivity contribution in [2.24, 2.45) is 4.99 Å². The molecule has 0 atom stereocenters. The fraction of sp³-hybridized carbons (Fsp3) is 0.208. The Labute approximate surface area is 208 Å². The van der Waals surface area contributed by atoms with Crippen molar-refractivity contribution in [3.8, 4) is 0 Å². The van der Waals surface area contributed by atoms with E-state index in [0.717, 1.165) is 21.9 Å². The van der Waals surface area contributed by atoms with E-state index in [9.17, 15) is 19.5 Å². The van der Waals surface area contributed by atoms with Gasteiger partial charge in [0.15, 0.2) is 11.2 Å². The van der Waals surface area contributed by atoms with Crippen molar-refractivity contribution in [1.82, 2.24) is 19.1 Å². The number of H-pyrrole nitrogens is 1. The first-order chi connectivity index (χ1) is 16.8. The van der Waals surface area contributed by atoms with Crippen LogP contribution in [0.25, 0.3) is 11.2 Å². The number of aliphatic imine (C=N–C) groups is 1. The highest BCUT2D eigenvalue weighted by Gasteiger charge is 2.21. The van der Waals surface area contributed by atoms with Crippen LogP contribution in [0.1, 0.15) is 34.2 Å². The van der Waals surface area contributed by atoms with Crippen LogP contribution in [0.5, 0.6) is 0 Å². The SMILES string of the molecule is CCn1c(CSC2=Nc3ccc(C(=O)O)cc3C2)nc2c1c(=O)[nH]c(=O)n2Cc1ccc(Cl)cc1. The Morgan fingerprint density at radius 1 is 1.17 bits per heavy atom. The van der Waals surface area contributed by atoms with E-state index < -0.39 is 17.2 Å². The molecule has 178 valence electrons. The molecule has 5 rings (SSSR count). The Balaban J connectivity index is 1.45. The normalized spacial score (nSPS) is 12.7. The second-order valence-corrected chi connectivity index (χ2v) is 9.52. The minimum absolute atomic E-state index is 0.232. The Kier molecular flexibility index (Phi) is 6.08. The first-order valence-corrected chi connectivity index (χ1v) is 12.2. The topological polar surface area (TPSA) is 122 Å². The Bertz CT molecular complexity index is 1620. The van der Waals surface area contributed by atoms with E-state index in [4.69, 9.17) is 16.6 Å². The van der Waals surface area contributed by atoms with Crippen LogP contribution in [-0.2, 0) is 25.3 Å². The third-order valence-corrected chi connectivity index (χ3v) is 7.04. The summed E-state index contributed by atoms with van der Waals surface area (Å²) in [6.07, 6.45) is 0.537. The third kappa shape index (κ3) is 4.42. The average Bonchev–Trinajstić information content (AvgIpc) is 3.42. The molecule has 1 aliphatic heterocycles. The standard InChI is InChI=1S/C24H20ClN5O4S/c1-2-29-18(12-35-19-10-15-9-14(23(32)33)5-8-17(15)26-19)27-21-20(29)22(31)28-24(34)30(21)11-13-3-6-16(25)7-4-13/h3-9H,2,10-12H2,1H3,(H,32,33)(H,28,31,34). The molecular weight excluding hydrogens is 490 g/mol. The van der Waals surface area contributed by atoms with E-state index in [-0.39, 0.29) is 12.1 Å². The van der Waals surface area contributed by atoms with Crippen LogP contribution in [0.15, 0.2) is 57.0 Å². The summed E-state index contributed by atoms with van der Waals surface area (Å²) in [4.78, 5) is 48.3. The van der Waals surface area contributed by atoms with Crippen molar-refractivity contribution in [1.29, 1.82) is 0 Å². The maximum atomic E-state index is 12.7. The molecule has 0 bridgehead atoms. The van der Waals surface area contributed by atoms with Crippen LogP contribution in [0.4, 0.5) is 5.69 Å². The lowest BCUT2D eigenvalue weighted by atomic mass is 10.1. The van der Waals surface area contributed by atoms with Crippen molar-refractivity contribution in [3.63, 3.8) is 0 Å².